The Balaban J connectivity index is 2.05. The molecule has 0 aromatic heterocycles. The number of ketones is 1. The van der Waals surface area contributed by atoms with Gasteiger partial charge >= 0.3 is 0 Å². The van der Waals surface area contributed by atoms with Gasteiger partial charge in [-0.25, -0.2) is 0 Å². The third kappa shape index (κ3) is 1.91. The van der Waals surface area contributed by atoms with Crippen LogP contribution in [0.2, 0.25) is 0 Å². The molecule has 0 N–H and O–H groups in total. The molecule has 1 aromatic rings. The molecule has 78 valence electrons. The number of rotatable bonds is 2. The van der Waals surface area contributed by atoms with Gasteiger partial charge in [0, 0.05) is 25.6 Å². The second kappa shape index (κ2) is 3.85. The average molecular weight is 203 g/mol. The quantitative estimate of drug-likeness (QED) is 0.732. The van der Waals surface area contributed by atoms with E-state index in [9.17, 15) is 9.59 Å². The molecule has 3 nitrogen and oxygen atoms in total. The highest BCUT2D eigenvalue weighted by molar-refractivity contribution is 6.03. The smallest absolute Gasteiger partial charge is 0.230 e. The molecule has 0 spiro atoms. The van der Waals surface area contributed by atoms with Crippen LogP contribution in [0.1, 0.15) is 12.8 Å². The zero-order valence-electron chi connectivity index (χ0n) is 8.64. The minimum absolute atomic E-state index is 0.0424. The molecule has 0 aliphatic heterocycles. The van der Waals surface area contributed by atoms with Crippen molar-refractivity contribution in [1.29, 1.82) is 0 Å². The van der Waals surface area contributed by atoms with E-state index in [-0.39, 0.29) is 17.6 Å². The van der Waals surface area contributed by atoms with E-state index in [0.29, 0.717) is 12.8 Å². The van der Waals surface area contributed by atoms with Crippen LogP contribution in [0.15, 0.2) is 30.3 Å². The Labute approximate surface area is 88.7 Å². The summed E-state index contributed by atoms with van der Waals surface area (Å²) in [5.74, 6) is 0.137. The lowest BCUT2D eigenvalue weighted by molar-refractivity contribution is -0.136. The van der Waals surface area contributed by atoms with Crippen molar-refractivity contribution >= 4 is 17.4 Å². The number of Topliss-reactive ketones (excluding diaryl/α,β-unsaturated/α-hetero) is 1. The Morgan fingerprint density at radius 1 is 1.27 bits per heavy atom. The van der Waals surface area contributed by atoms with Crippen LogP contribution in [0, 0.1) is 5.92 Å². The van der Waals surface area contributed by atoms with Crippen molar-refractivity contribution < 1.29 is 9.59 Å². The third-order valence-corrected chi connectivity index (χ3v) is 2.77. The Bertz CT molecular complexity index is 378. The molecule has 0 unspecified atom stereocenters. The van der Waals surface area contributed by atoms with Crippen molar-refractivity contribution in [1.82, 2.24) is 0 Å². The maximum absolute atomic E-state index is 11.8. The van der Waals surface area contributed by atoms with Crippen molar-refractivity contribution in [2.24, 2.45) is 5.92 Å². The minimum atomic E-state index is -0.0947. The Morgan fingerprint density at radius 2 is 1.87 bits per heavy atom. The molecule has 2 rings (SSSR count). The predicted octanol–water partition coefficient (Wildman–Crippen LogP) is 1.63. The maximum atomic E-state index is 11.8. The van der Waals surface area contributed by atoms with Crippen LogP contribution >= 0.6 is 0 Å². The van der Waals surface area contributed by atoms with E-state index in [1.165, 1.54) is 0 Å². The van der Waals surface area contributed by atoms with E-state index in [4.69, 9.17) is 0 Å². The van der Waals surface area contributed by atoms with Crippen LogP contribution < -0.4 is 4.90 Å². The van der Waals surface area contributed by atoms with Gasteiger partial charge < -0.3 is 4.90 Å². The molecule has 1 aliphatic rings. The van der Waals surface area contributed by atoms with Gasteiger partial charge in [-0.1, -0.05) is 18.2 Å². The highest BCUT2D eigenvalue weighted by Gasteiger charge is 2.34. The Hall–Kier alpha value is -1.64. The standard InChI is InChI=1S/C12H13NO2/c1-13(10-5-3-2-4-6-10)12(15)9-7-11(14)8-9/h2-6,9H,7-8H2,1H3. The maximum Gasteiger partial charge on any atom is 0.230 e. The molecule has 1 aromatic carbocycles. The van der Waals surface area contributed by atoms with Crippen molar-refractivity contribution in [3.63, 3.8) is 0 Å². The second-order valence-electron chi connectivity index (χ2n) is 3.88. The van der Waals surface area contributed by atoms with E-state index < -0.39 is 0 Å². The first-order valence-electron chi connectivity index (χ1n) is 5.03. The number of carbonyl (C=O) groups is 2. The monoisotopic (exact) mass is 203 g/mol. The van der Waals surface area contributed by atoms with Crippen molar-refractivity contribution in [2.75, 3.05) is 11.9 Å². The first-order valence-corrected chi connectivity index (χ1v) is 5.03. The summed E-state index contributed by atoms with van der Waals surface area (Å²) >= 11 is 0. The van der Waals surface area contributed by atoms with Crippen LogP contribution in [0.3, 0.4) is 0 Å². The fourth-order valence-electron chi connectivity index (χ4n) is 1.72. The molecule has 15 heavy (non-hydrogen) atoms. The molecule has 1 aliphatic carbocycles. The van der Waals surface area contributed by atoms with E-state index in [1.807, 2.05) is 30.3 Å². The minimum Gasteiger partial charge on any atom is -0.315 e. The topological polar surface area (TPSA) is 37.4 Å². The average Bonchev–Trinajstić information content (AvgIpc) is 2.24. The molecular weight excluding hydrogens is 190 g/mol. The summed E-state index contributed by atoms with van der Waals surface area (Å²) in [5.41, 5.74) is 0.877. The molecule has 3 heteroatoms. The number of hydrogen-bond acceptors (Lipinski definition) is 2. The van der Waals surface area contributed by atoms with E-state index in [0.717, 1.165) is 5.69 Å². The van der Waals surface area contributed by atoms with Gasteiger partial charge in [-0.2, -0.15) is 0 Å². The third-order valence-electron chi connectivity index (χ3n) is 2.77. The lowest BCUT2D eigenvalue weighted by atomic mass is 9.83. The van der Waals surface area contributed by atoms with E-state index in [2.05, 4.69) is 0 Å². The zero-order valence-corrected chi connectivity index (χ0v) is 8.64. The number of para-hydroxylation sites is 1. The van der Waals surface area contributed by atoms with Gasteiger partial charge in [-0.05, 0) is 12.1 Å². The Kier molecular flexibility index (Phi) is 2.54. The van der Waals surface area contributed by atoms with E-state index in [1.54, 1.807) is 11.9 Å². The Morgan fingerprint density at radius 3 is 2.40 bits per heavy atom. The summed E-state index contributed by atoms with van der Waals surface area (Å²) < 4.78 is 0. The summed E-state index contributed by atoms with van der Waals surface area (Å²) in [6, 6.07) is 9.47. The molecule has 0 saturated heterocycles. The number of benzene rings is 1. The van der Waals surface area contributed by atoms with Crippen molar-refractivity contribution in [3.8, 4) is 0 Å². The fourth-order valence-corrected chi connectivity index (χ4v) is 1.72. The fraction of sp³-hybridized carbons (Fsp3) is 0.333. The number of amides is 1. The molecule has 1 saturated carbocycles. The zero-order chi connectivity index (χ0) is 10.8. The van der Waals surface area contributed by atoms with E-state index >= 15 is 0 Å². The predicted molar refractivity (Wildman–Crippen MR) is 57.6 cm³/mol. The molecule has 1 fully saturated rings. The number of hydrogen-bond donors (Lipinski definition) is 0. The summed E-state index contributed by atoms with van der Waals surface area (Å²) in [6.07, 6.45) is 0.825. The molecular formula is C12H13NO2. The molecule has 0 radical (unpaired) electrons. The van der Waals surface area contributed by atoms with Gasteiger partial charge in [0.25, 0.3) is 0 Å². The van der Waals surface area contributed by atoms with Crippen LogP contribution in [0.4, 0.5) is 5.69 Å². The highest BCUT2D eigenvalue weighted by Crippen LogP contribution is 2.26. The summed E-state index contributed by atoms with van der Waals surface area (Å²) in [6.45, 7) is 0. The lowest BCUT2D eigenvalue weighted by Crippen LogP contribution is -2.40. The first kappa shape index (κ1) is 9.90. The van der Waals surface area contributed by atoms with Crippen LogP contribution in [-0.4, -0.2) is 18.7 Å². The SMILES string of the molecule is CN(C(=O)C1CC(=O)C1)c1ccccc1. The number of anilines is 1. The number of carbonyl (C=O) groups excluding carboxylic acids is 2. The molecule has 1 amide bonds. The van der Waals surface area contributed by atoms with Gasteiger partial charge in [0.05, 0.1) is 5.92 Å². The summed E-state index contributed by atoms with van der Waals surface area (Å²) in [5, 5.41) is 0. The van der Waals surface area contributed by atoms with Crippen LogP contribution in [0.5, 0.6) is 0 Å². The van der Waals surface area contributed by atoms with Crippen LogP contribution in [-0.2, 0) is 9.59 Å². The normalized spacial score (nSPS) is 15.9. The van der Waals surface area contributed by atoms with Gasteiger partial charge in [0.1, 0.15) is 5.78 Å². The van der Waals surface area contributed by atoms with Gasteiger partial charge in [0.15, 0.2) is 0 Å². The van der Waals surface area contributed by atoms with Crippen LogP contribution in [0.25, 0.3) is 0 Å². The highest BCUT2D eigenvalue weighted by atomic mass is 16.2. The van der Waals surface area contributed by atoms with Crippen molar-refractivity contribution in [2.45, 2.75) is 12.8 Å². The summed E-state index contributed by atoms with van der Waals surface area (Å²) in [4.78, 5) is 24.3. The molecule has 0 atom stereocenters. The van der Waals surface area contributed by atoms with Gasteiger partial charge in [-0.3, -0.25) is 9.59 Å². The van der Waals surface area contributed by atoms with Gasteiger partial charge in [-0.15, -0.1) is 0 Å². The summed E-state index contributed by atoms with van der Waals surface area (Å²) in [7, 11) is 1.75. The number of nitrogens with zero attached hydrogens (tertiary/aromatic N) is 1. The lowest BCUT2D eigenvalue weighted by Gasteiger charge is -2.28. The second-order valence-corrected chi connectivity index (χ2v) is 3.88. The largest absolute Gasteiger partial charge is 0.315 e. The van der Waals surface area contributed by atoms with Crippen molar-refractivity contribution in [3.05, 3.63) is 30.3 Å². The molecule has 0 heterocycles. The molecule has 0 bridgehead atoms. The first-order chi connectivity index (χ1) is 7.18. The van der Waals surface area contributed by atoms with Gasteiger partial charge in [0.2, 0.25) is 5.91 Å².